The number of carbonyl (C=O) groups excluding carboxylic acids is 3. The Morgan fingerprint density at radius 3 is 2.52 bits per heavy atom. The van der Waals surface area contributed by atoms with Gasteiger partial charge >= 0.3 is 11.8 Å². The zero-order valence-electron chi connectivity index (χ0n) is 15.5. The summed E-state index contributed by atoms with van der Waals surface area (Å²) in [5.41, 5.74) is 0.708. The molecule has 2 heterocycles. The quantitative estimate of drug-likeness (QED) is 0.786. The molecule has 1 aliphatic rings. The van der Waals surface area contributed by atoms with E-state index < -0.39 is 11.8 Å². The highest BCUT2D eigenvalue weighted by molar-refractivity contribution is 6.35. The Hall–Kier alpha value is -2.83. The van der Waals surface area contributed by atoms with Crippen molar-refractivity contribution in [2.75, 3.05) is 26.2 Å². The second-order valence-electron chi connectivity index (χ2n) is 6.85. The maximum atomic E-state index is 12.6. The van der Waals surface area contributed by atoms with Crippen LogP contribution in [0.2, 0.25) is 0 Å². The first-order chi connectivity index (χ1) is 13.1. The van der Waals surface area contributed by atoms with E-state index in [1.54, 1.807) is 11.0 Å². The van der Waals surface area contributed by atoms with Gasteiger partial charge in [0.15, 0.2) is 5.76 Å². The van der Waals surface area contributed by atoms with Crippen molar-refractivity contribution in [2.24, 2.45) is 5.92 Å². The average Bonchev–Trinajstić information content (AvgIpc) is 3.14. The lowest BCUT2D eigenvalue weighted by atomic mass is 9.96. The van der Waals surface area contributed by atoms with Crippen LogP contribution in [0.5, 0.6) is 0 Å². The van der Waals surface area contributed by atoms with Crippen LogP contribution in [0.25, 0.3) is 11.0 Å². The number of rotatable bonds is 5. The number of likely N-dealkylation sites (tertiary alicyclic amines) is 1. The molecule has 27 heavy (non-hydrogen) atoms. The van der Waals surface area contributed by atoms with E-state index in [-0.39, 0.29) is 11.8 Å². The number of nitrogens with zero attached hydrogens (tertiary/aromatic N) is 1. The van der Waals surface area contributed by atoms with Gasteiger partial charge in [0.1, 0.15) is 5.58 Å². The van der Waals surface area contributed by atoms with Gasteiger partial charge in [0, 0.05) is 31.6 Å². The van der Waals surface area contributed by atoms with Crippen LogP contribution in [0, 0.1) is 5.92 Å². The van der Waals surface area contributed by atoms with Gasteiger partial charge in [0.25, 0.3) is 5.91 Å². The van der Waals surface area contributed by atoms with Gasteiger partial charge in [-0.05, 0) is 37.3 Å². The van der Waals surface area contributed by atoms with Gasteiger partial charge in [0.05, 0.1) is 0 Å². The van der Waals surface area contributed by atoms with E-state index in [1.165, 1.54) is 0 Å². The van der Waals surface area contributed by atoms with Crippen molar-refractivity contribution in [1.82, 2.24) is 15.5 Å². The van der Waals surface area contributed by atoms with E-state index in [9.17, 15) is 14.4 Å². The Labute approximate surface area is 158 Å². The second kappa shape index (κ2) is 8.70. The van der Waals surface area contributed by atoms with Crippen LogP contribution in [-0.4, -0.2) is 48.8 Å². The van der Waals surface area contributed by atoms with Crippen LogP contribution in [0.15, 0.2) is 34.7 Å². The molecule has 1 aliphatic heterocycles. The summed E-state index contributed by atoms with van der Waals surface area (Å²) in [7, 11) is 0. The van der Waals surface area contributed by atoms with Gasteiger partial charge in [-0.15, -0.1) is 0 Å². The summed E-state index contributed by atoms with van der Waals surface area (Å²) in [6.07, 6.45) is 2.35. The van der Waals surface area contributed by atoms with Gasteiger partial charge in [-0.3, -0.25) is 14.4 Å². The molecule has 3 rings (SSSR count). The molecule has 3 amide bonds. The van der Waals surface area contributed by atoms with Crippen molar-refractivity contribution < 1.29 is 18.8 Å². The molecule has 144 valence electrons. The predicted octanol–water partition coefficient (Wildman–Crippen LogP) is 1.93. The van der Waals surface area contributed by atoms with Crippen molar-refractivity contribution in [3.63, 3.8) is 0 Å². The molecule has 1 fully saturated rings. The van der Waals surface area contributed by atoms with Crippen molar-refractivity contribution >= 4 is 28.7 Å². The topological polar surface area (TPSA) is 91.7 Å². The molecule has 0 bridgehead atoms. The molecular formula is C20H25N3O4. The number of hydrogen-bond donors (Lipinski definition) is 2. The van der Waals surface area contributed by atoms with Crippen molar-refractivity contribution in [3.8, 4) is 0 Å². The van der Waals surface area contributed by atoms with Gasteiger partial charge in [-0.1, -0.05) is 25.1 Å². The molecule has 0 saturated carbocycles. The van der Waals surface area contributed by atoms with Crippen LogP contribution in [0.4, 0.5) is 0 Å². The fraction of sp³-hybridized carbons (Fsp3) is 0.450. The van der Waals surface area contributed by atoms with Crippen LogP contribution in [0.3, 0.4) is 0 Å². The number of hydrogen-bond acceptors (Lipinski definition) is 4. The fourth-order valence-electron chi connectivity index (χ4n) is 3.22. The van der Waals surface area contributed by atoms with Crippen molar-refractivity contribution in [1.29, 1.82) is 0 Å². The lowest BCUT2D eigenvalue weighted by Gasteiger charge is -2.31. The Balaban J connectivity index is 1.46. The first kappa shape index (κ1) is 18.9. The number of fused-ring (bicyclic) bond motifs is 1. The van der Waals surface area contributed by atoms with E-state index in [1.807, 2.05) is 31.2 Å². The number of benzene rings is 1. The Kier molecular flexibility index (Phi) is 6.11. The third-order valence-corrected chi connectivity index (χ3v) is 4.83. The minimum atomic E-state index is -0.593. The summed E-state index contributed by atoms with van der Waals surface area (Å²) in [5.74, 6) is -0.672. The SMILES string of the molecule is CCCNC(=O)C(=O)NCC1CCN(C(=O)c2cc3ccccc3o2)CC1. The normalized spacial score (nSPS) is 14.9. The van der Waals surface area contributed by atoms with Crippen LogP contribution < -0.4 is 10.6 Å². The molecule has 2 N–H and O–H groups in total. The third-order valence-electron chi connectivity index (χ3n) is 4.83. The Morgan fingerprint density at radius 2 is 1.81 bits per heavy atom. The summed E-state index contributed by atoms with van der Waals surface area (Å²) in [6.45, 7) is 4.09. The molecule has 0 atom stereocenters. The van der Waals surface area contributed by atoms with E-state index >= 15 is 0 Å². The summed E-state index contributed by atoms with van der Waals surface area (Å²) in [4.78, 5) is 37.7. The van der Waals surface area contributed by atoms with E-state index in [0.29, 0.717) is 37.5 Å². The minimum absolute atomic E-state index is 0.104. The second-order valence-corrected chi connectivity index (χ2v) is 6.85. The third kappa shape index (κ3) is 4.67. The Bertz CT molecular complexity index is 788. The van der Waals surface area contributed by atoms with Gasteiger partial charge in [-0.2, -0.15) is 0 Å². The summed E-state index contributed by atoms with van der Waals surface area (Å²) in [6, 6.07) is 9.33. The standard InChI is InChI=1S/C20H25N3O4/c1-2-9-21-18(24)19(25)22-13-14-7-10-23(11-8-14)20(26)17-12-15-5-3-4-6-16(15)27-17/h3-6,12,14H,2,7-11,13H2,1H3,(H,21,24)(H,22,25). The minimum Gasteiger partial charge on any atom is -0.451 e. The van der Waals surface area contributed by atoms with Gasteiger partial charge < -0.3 is 20.0 Å². The molecule has 0 spiro atoms. The molecule has 7 heteroatoms. The van der Waals surface area contributed by atoms with E-state index in [4.69, 9.17) is 4.42 Å². The molecular weight excluding hydrogens is 346 g/mol. The van der Waals surface area contributed by atoms with E-state index in [2.05, 4.69) is 10.6 Å². The molecule has 1 aromatic heterocycles. The number of furan rings is 1. The molecule has 1 aromatic carbocycles. The molecule has 2 aromatic rings. The molecule has 0 radical (unpaired) electrons. The smallest absolute Gasteiger partial charge is 0.309 e. The number of carbonyl (C=O) groups is 3. The zero-order chi connectivity index (χ0) is 19.2. The van der Waals surface area contributed by atoms with Crippen LogP contribution >= 0.6 is 0 Å². The van der Waals surface area contributed by atoms with Crippen molar-refractivity contribution in [3.05, 3.63) is 36.1 Å². The van der Waals surface area contributed by atoms with Gasteiger partial charge in [-0.25, -0.2) is 0 Å². The first-order valence-corrected chi connectivity index (χ1v) is 9.42. The largest absolute Gasteiger partial charge is 0.451 e. The average molecular weight is 371 g/mol. The van der Waals surface area contributed by atoms with Crippen LogP contribution in [0.1, 0.15) is 36.7 Å². The Morgan fingerprint density at radius 1 is 1.11 bits per heavy atom. The summed E-state index contributed by atoms with van der Waals surface area (Å²) < 4.78 is 5.65. The summed E-state index contributed by atoms with van der Waals surface area (Å²) in [5, 5.41) is 6.15. The lowest BCUT2D eigenvalue weighted by Crippen LogP contribution is -2.44. The van der Waals surface area contributed by atoms with Crippen LogP contribution in [-0.2, 0) is 9.59 Å². The van der Waals surface area contributed by atoms with E-state index in [0.717, 1.165) is 24.6 Å². The molecule has 0 unspecified atom stereocenters. The monoisotopic (exact) mass is 371 g/mol. The first-order valence-electron chi connectivity index (χ1n) is 9.42. The predicted molar refractivity (Wildman–Crippen MR) is 101 cm³/mol. The number of piperidine rings is 1. The van der Waals surface area contributed by atoms with Crippen molar-refractivity contribution in [2.45, 2.75) is 26.2 Å². The highest BCUT2D eigenvalue weighted by Gasteiger charge is 2.26. The molecule has 0 aliphatic carbocycles. The highest BCUT2D eigenvalue weighted by atomic mass is 16.3. The number of amides is 3. The molecule has 7 nitrogen and oxygen atoms in total. The highest BCUT2D eigenvalue weighted by Crippen LogP contribution is 2.23. The lowest BCUT2D eigenvalue weighted by molar-refractivity contribution is -0.139. The number of para-hydroxylation sites is 1. The van der Waals surface area contributed by atoms with Gasteiger partial charge in [0.2, 0.25) is 0 Å². The maximum Gasteiger partial charge on any atom is 0.309 e. The summed E-state index contributed by atoms with van der Waals surface area (Å²) >= 11 is 0. The molecule has 1 saturated heterocycles. The zero-order valence-corrected chi connectivity index (χ0v) is 15.5. The maximum absolute atomic E-state index is 12.6. The fourth-order valence-corrected chi connectivity index (χ4v) is 3.22. The number of nitrogens with one attached hydrogen (secondary N) is 2.